The van der Waals surface area contributed by atoms with Crippen molar-refractivity contribution in [3.8, 4) is 0 Å². The molecule has 0 saturated carbocycles. The minimum Gasteiger partial charge on any atom is -0.462 e. The second-order valence-electron chi connectivity index (χ2n) is 5.03. The van der Waals surface area contributed by atoms with Gasteiger partial charge in [-0.15, -0.1) is 0 Å². The van der Waals surface area contributed by atoms with Crippen LogP contribution in [0.15, 0.2) is 41.6 Å². The minimum atomic E-state index is -3.64. The van der Waals surface area contributed by atoms with Crippen molar-refractivity contribution in [2.24, 2.45) is 7.05 Å². The Kier molecular flexibility index (Phi) is 5.17. The van der Waals surface area contributed by atoms with E-state index in [1.54, 1.807) is 31.0 Å². The molecule has 0 spiro atoms. The second-order valence-corrected chi connectivity index (χ2v) is 7.07. The van der Waals surface area contributed by atoms with Gasteiger partial charge in [0.1, 0.15) is 0 Å². The zero-order valence-electron chi connectivity index (χ0n) is 13.3. The first-order chi connectivity index (χ1) is 10.8. The molecule has 124 valence electrons. The first kappa shape index (κ1) is 17.2. The minimum absolute atomic E-state index is 0.122. The fraction of sp³-hybridized carbons (Fsp3) is 0.333. The van der Waals surface area contributed by atoms with Gasteiger partial charge in [-0.05, 0) is 31.2 Å². The fourth-order valence-corrected chi connectivity index (χ4v) is 3.21. The first-order valence-electron chi connectivity index (χ1n) is 7.05. The second kappa shape index (κ2) is 6.93. The zero-order valence-corrected chi connectivity index (χ0v) is 14.1. The molecule has 7 nitrogen and oxygen atoms in total. The van der Waals surface area contributed by atoms with E-state index in [9.17, 15) is 13.2 Å². The number of aryl methyl sites for hydroxylation is 1. The zero-order chi connectivity index (χ0) is 17.0. The molecule has 0 unspecified atom stereocenters. The lowest BCUT2D eigenvalue weighted by Crippen LogP contribution is -2.26. The Labute approximate surface area is 135 Å². The molecule has 2 aromatic rings. The number of ether oxygens (including phenoxy) is 1. The lowest BCUT2D eigenvalue weighted by molar-refractivity contribution is 0.0526. The highest BCUT2D eigenvalue weighted by Gasteiger charge is 2.21. The van der Waals surface area contributed by atoms with Gasteiger partial charge in [0.05, 0.1) is 23.3 Å². The lowest BCUT2D eigenvalue weighted by Gasteiger charge is -2.16. The van der Waals surface area contributed by atoms with E-state index in [1.807, 2.05) is 0 Å². The molecule has 8 heteroatoms. The molecule has 0 aliphatic carbocycles. The molecule has 2 rings (SSSR count). The van der Waals surface area contributed by atoms with Gasteiger partial charge in [-0.3, -0.25) is 4.68 Å². The number of esters is 1. The van der Waals surface area contributed by atoms with Crippen molar-refractivity contribution in [3.63, 3.8) is 0 Å². The summed E-state index contributed by atoms with van der Waals surface area (Å²) >= 11 is 0. The van der Waals surface area contributed by atoms with Crippen LogP contribution in [0.4, 0.5) is 0 Å². The quantitative estimate of drug-likeness (QED) is 0.745. The smallest absolute Gasteiger partial charge is 0.338 e. The van der Waals surface area contributed by atoms with Crippen molar-refractivity contribution in [1.29, 1.82) is 0 Å². The van der Waals surface area contributed by atoms with Crippen molar-refractivity contribution < 1.29 is 17.9 Å². The van der Waals surface area contributed by atoms with Gasteiger partial charge in [-0.1, -0.05) is 0 Å². The van der Waals surface area contributed by atoms with Crippen LogP contribution in [0.1, 0.15) is 22.8 Å². The topological polar surface area (TPSA) is 81.5 Å². The van der Waals surface area contributed by atoms with Gasteiger partial charge in [-0.25, -0.2) is 13.2 Å². The van der Waals surface area contributed by atoms with E-state index in [2.05, 4.69) is 5.10 Å². The van der Waals surface area contributed by atoms with Crippen LogP contribution in [0, 0.1) is 0 Å². The van der Waals surface area contributed by atoms with Crippen molar-refractivity contribution >= 4 is 16.0 Å². The van der Waals surface area contributed by atoms with Crippen LogP contribution in [-0.2, 0) is 28.4 Å². The van der Waals surface area contributed by atoms with Crippen molar-refractivity contribution in [2.45, 2.75) is 18.4 Å². The molecule has 1 aromatic heterocycles. The van der Waals surface area contributed by atoms with Gasteiger partial charge in [0, 0.05) is 32.4 Å². The number of carbonyl (C=O) groups excluding carboxylic acids is 1. The lowest BCUT2D eigenvalue weighted by atomic mass is 10.2. The Hall–Kier alpha value is -2.19. The predicted octanol–water partition coefficient (Wildman–Crippen LogP) is 1.42. The molecule has 0 N–H and O–H groups in total. The molecule has 0 aliphatic heterocycles. The van der Waals surface area contributed by atoms with Crippen LogP contribution >= 0.6 is 0 Å². The van der Waals surface area contributed by atoms with Crippen LogP contribution in [-0.4, -0.2) is 42.1 Å². The van der Waals surface area contributed by atoms with E-state index in [-0.39, 0.29) is 18.0 Å². The van der Waals surface area contributed by atoms with Gasteiger partial charge in [-0.2, -0.15) is 9.40 Å². The Morgan fingerprint density at radius 2 is 1.96 bits per heavy atom. The van der Waals surface area contributed by atoms with Gasteiger partial charge in [0.15, 0.2) is 0 Å². The summed E-state index contributed by atoms with van der Waals surface area (Å²) in [6.07, 6.45) is 3.38. The largest absolute Gasteiger partial charge is 0.462 e. The summed E-state index contributed by atoms with van der Waals surface area (Å²) in [4.78, 5) is 11.7. The van der Waals surface area contributed by atoms with Crippen LogP contribution in [0.5, 0.6) is 0 Å². The molecule has 0 aliphatic rings. The van der Waals surface area contributed by atoms with Crippen molar-refractivity contribution in [2.75, 3.05) is 13.7 Å². The average Bonchev–Trinajstić information content (AvgIpc) is 2.92. The third-order valence-electron chi connectivity index (χ3n) is 3.24. The Morgan fingerprint density at radius 3 is 2.48 bits per heavy atom. The van der Waals surface area contributed by atoms with Gasteiger partial charge < -0.3 is 4.74 Å². The van der Waals surface area contributed by atoms with Crippen LogP contribution in [0.2, 0.25) is 0 Å². The van der Waals surface area contributed by atoms with Crippen molar-refractivity contribution in [3.05, 3.63) is 47.8 Å². The summed E-state index contributed by atoms with van der Waals surface area (Å²) < 4.78 is 32.8. The monoisotopic (exact) mass is 337 g/mol. The van der Waals surface area contributed by atoms with Crippen LogP contribution in [0.3, 0.4) is 0 Å². The number of hydrogen-bond acceptors (Lipinski definition) is 5. The number of nitrogens with zero attached hydrogens (tertiary/aromatic N) is 3. The van der Waals surface area contributed by atoms with E-state index in [4.69, 9.17) is 4.74 Å². The van der Waals surface area contributed by atoms with E-state index < -0.39 is 16.0 Å². The van der Waals surface area contributed by atoms with E-state index in [0.717, 1.165) is 5.56 Å². The fourth-order valence-electron chi connectivity index (χ4n) is 2.05. The molecule has 0 amide bonds. The summed E-state index contributed by atoms with van der Waals surface area (Å²) in [6.45, 7) is 2.20. The van der Waals surface area contributed by atoms with Gasteiger partial charge >= 0.3 is 5.97 Å². The number of carbonyl (C=O) groups is 1. The van der Waals surface area contributed by atoms with Crippen LogP contribution < -0.4 is 0 Å². The number of aromatic nitrogens is 2. The maximum atomic E-state index is 12.5. The molecule has 0 atom stereocenters. The molecule has 0 bridgehead atoms. The Bertz CT molecular complexity index is 781. The summed E-state index contributed by atoms with van der Waals surface area (Å²) in [5, 5.41) is 4.02. The highest BCUT2D eigenvalue weighted by Crippen LogP contribution is 2.17. The average molecular weight is 337 g/mol. The predicted molar refractivity (Wildman–Crippen MR) is 84.3 cm³/mol. The Morgan fingerprint density at radius 1 is 1.30 bits per heavy atom. The third-order valence-corrected chi connectivity index (χ3v) is 5.05. The molecule has 23 heavy (non-hydrogen) atoms. The summed E-state index contributed by atoms with van der Waals surface area (Å²) in [7, 11) is -0.367. The molecular weight excluding hydrogens is 318 g/mol. The molecule has 0 saturated heterocycles. The van der Waals surface area contributed by atoms with E-state index in [1.165, 1.54) is 35.6 Å². The molecule has 0 radical (unpaired) electrons. The number of benzene rings is 1. The van der Waals surface area contributed by atoms with Gasteiger partial charge in [0.25, 0.3) is 0 Å². The van der Waals surface area contributed by atoms with Crippen molar-refractivity contribution in [1.82, 2.24) is 14.1 Å². The highest BCUT2D eigenvalue weighted by atomic mass is 32.2. The maximum Gasteiger partial charge on any atom is 0.338 e. The van der Waals surface area contributed by atoms with E-state index >= 15 is 0 Å². The molecule has 0 fully saturated rings. The SMILES string of the molecule is CCOC(=O)c1ccc(S(=O)(=O)N(C)Cc2cnn(C)c2)cc1. The summed E-state index contributed by atoms with van der Waals surface area (Å²) in [6, 6.07) is 5.70. The molecule has 1 aromatic carbocycles. The number of rotatable bonds is 6. The maximum absolute atomic E-state index is 12.5. The third kappa shape index (κ3) is 3.96. The van der Waals surface area contributed by atoms with E-state index in [0.29, 0.717) is 5.56 Å². The summed E-state index contributed by atoms with van der Waals surface area (Å²) in [5.74, 6) is -0.472. The first-order valence-corrected chi connectivity index (χ1v) is 8.49. The summed E-state index contributed by atoms with van der Waals surface area (Å²) in [5.41, 5.74) is 1.11. The number of sulfonamides is 1. The molecule has 1 heterocycles. The molecular formula is C15H19N3O4S. The Balaban J connectivity index is 2.16. The number of hydrogen-bond donors (Lipinski definition) is 0. The standard InChI is InChI=1S/C15H19N3O4S/c1-4-22-15(19)13-5-7-14(8-6-13)23(20,21)18(3)11-12-9-16-17(2)10-12/h5-10H,4,11H2,1-3H3. The highest BCUT2D eigenvalue weighted by molar-refractivity contribution is 7.89. The van der Waals surface area contributed by atoms with Gasteiger partial charge in [0.2, 0.25) is 10.0 Å². The normalized spacial score (nSPS) is 11.7. The van der Waals surface area contributed by atoms with Crippen LogP contribution in [0.25, 0.3) is 0 Å².